The fourth-order valence-corrected chi connectivity index (χ4v) is 18.0. The van der Waals surface area contributed by atoms with Crippen LogP contribution in [-0.2, 0) is 32.1 Å². The summed E-state index contributed by atoms with van der Waals surface area (Å²) >= 11 is 23.0. The van der Waals surface area contributed by atoms with E-state index in [1.807, 2.05) is 48.5 Å². The van der Waals surface area contributed by atoms with Crippen LogP contribution < -0.4 is 24.8 Å². The van der Waals surface area contributed by atoms with E-state index in [1.165, 1.54) is 70.0 Å². The molecule has 0 spiro atoms. The SMILES string of the molecule is CC(C)(C)c1cc2c(cc1-c1ccc(Cl)cc1)[CH]([Zr+2]([C]1=CC=CC1)=[C](c1ccc(Cl)cc1)c1ccc(Cl)cc1)c1cc(-c3ccc(Cl)cc3)c(C(C)(C)C)cc1-2.[Cl-].[Cl-]. The Morgan fingerprint density at radius 2 is 0.862 bits per heavy atom. The minimum absolute atomic E-state index is 0. The van der Waals surface area contributed by atoms with Gasteiger partial charge in [-0.25, -0.2) is 0 Å². The number of allylic oxidation sites excluding steroid dienone is 4. The Labute approximate surface area is 384 Å². The van der Waals surface area contributed by atoms with Crippen molar-refractivity contribution in [3.8, 4) is 33.4 Å². The summed E-state index contributed by atoms with van der Waals surface area (Å²) in [6, 6.07) is 43.9. The van der Waals surface area contributed by atoms with Gasteiger partial charge in [0.2, 0.25) is 0 Å². The quantitative estimate of drug-likeness (QED) is 0.156. The first-order valence-corrected chi connectivity index (χ1v) is 24.6. The summed E-state index contributed by atoms with van der Waals surface area (Å²) in [5.41, 5.74) is 15.3. The maximum Gasteiger partial charge on any atom is -1.00 e. The van der Waals surface area contributed by atoms with Crippen LogP contribution >= 0.6 is 46.4 Å². The largest absolute Gasteiger partial charge is 1.00 e. The molecule has 7 heteroatoms. The summed E-state index contributed by atoms with van der Waals surface area (Å²) in [5.74, 6) is 0. The van der Waals surface area contributed by atoms with Gasteiger partial charge in [0, 0.05) is 0 Å². The van der Waals surface area contributed by atoms with Crippen molar-refractivity contribution in [3.05, 3.63) is 196 Å². The molecular weight excluding hydrogens is 917 g/mol. The van der Waals surface area contributed by atoms with Gasteiger partial charge in [0.15, 0.2) is 0 Å². The maximum absolute atomic E-state index is 6.58. The molecule has 0 amide bonds. The van der Waals surface area contributed by atoms with Crippen molar-refractivity contribution in [2.24, 2.45) is 0 Å². The van der Waals surface area contributed by atoms with E-state index in [0.29, 0.717) is 0 Å². The molecule has 0 saturated carbocycles. The van der Waals surface area contributed by atoms with Gasteiger partial charge in [-0.15, -0.1) is 0 Å². The van der Waals surface area contributed by atoms with Crippen LogP contribution in [0.15, 0.2) is 143 Å². The zero-order valence-corrected chi connectivity index (χ0v) is 40.3. The molecule has 0 aliphatic heterocycles. The van der Waals surface area contributed by atoms with Gasteiger partial charge in [-0.05, 0) is 0 Å². The zero-order chi connectivity index (χ0) is 39.5. The van der Waals surface area contributed by atoms with Crippen LogP contribution in [0.3, 0.4) is 0 Å². The molecule has 0 nitrogen and oxygen atoms in total. The Kier molecular flexibility index (Phi) is 13.7. The van der Waals surface area contributed by atoms with Crippen molar-refractivity contribution in [2.45, 2.75) is 62.4 Å². The second-order valence-electron chi connectivity index (χ2n) is 17.0. The number of hydrogen-bond acceptors (Lipinski definition) is 0. The molecule has 294 valence electrons. The summed E-state index contributed by atoms with van der Waals surface area (Å²) < 4.78 is 3.19. The summed E-state index contributed by atoms with van der Waals surface area (Å²) in [6.45, 7) is 14.0. The molecule has 0 atom stereocenters. The Bertz CT molecular complexity index is 2410. The van der Waals surface area contributed by atoms with Gasteiger partial charge in [0.05, 0.1) is 0 Å². The van der Waals surface area contributed by atoms with E-state index in [0.717, 1.165) is 26.5 Å². The molecule has 0 N–H and O–H groups in total. The van der Waals surface area contributed by atoms with Crippen LogP contribution in [0.1, 0.15) is 85.0 Å². The maximum atomic E-state index is 6.58. The molecule has 0 heterocycles. The van der Waals surface area contributed by atoms with E-state index in [2.05, 4.69) is 133 Å². The topological polar surface area (TPSA) is 0 Å². The number of halogens is 6. The van der Waals surface area contributed by atoms with E-state index < -0.39 is 21.3 Å². The predicted octanol–water partition coefficient (Wildman–Crippen LogP) is 10.0. The van der Waals surface area contributed by atoms with E-state index in [1.54, 1.807) is 3.28 Å². The van der Waals surface area contributed by atoms with E-state index in [9.17, 15) is 0 Å². The van der Waals surface area contributed by atoms with Crippen molar-refractivity contribution < 1.29 is 46.1 Å². The number of rotatable bonds is 6. The Hall–Kier alpha value is -2.71. The van der Waals surface area contributed by atoms with Crippen LogP contribution in [0.2, 0.25) is 20.1 Å². The van der Waals surface area contributed by atoms with Crippen molar-refractivity contribution in [1.29, 1.82) is 0 Å². The first-order valence-electron chi connectivity index (χ1n) is 19.2. The average molecular weight is 961 g/mol. The van der Waals surface area contributed by atoms with Crippen LogP contribution in [-0.4, -0.2) is 3.21 Å². The van der Waals surface area contributed by atoms with Gasteiger partial charge < -0.3 is 24.8 Å². The Morgan fingerprint density at radius 1 is 0.500 bits per heavy atom. The number of benzene rings is 6. The van der Waals surface area contributed by atoms with Crippen molar-refractivity contribution in [3.63, 3.8) is 0 Å². The predicted molar refractivity (Wildman–Crippen MR) is 240 cm³/mol. The third-order valence-corrected chi connectivity index (χ3v) is 20.5. The fourth-order valence-electron chi connectivity index (χ4n) is 8.48. The first-order chi connectivity index (χ1) is 26.7. The fraction of sp³-hybridized carbons (Fsp3) is 0.196. The molecule has 0 saturated heterocycles. The molecule has 0 bridgehead atoms. The number of fused-ring (bicyclic) bond motifs is 3. The monoisotopic (exact) mass is 956 g/mol. The molecule has 58 heavy (non-hydrogen) atoms. The van der Waals surface area contributed by atoms with Crippen molar-refractivity contribution >= 4 is 49.6 Å². The molecule has 8 rings (SSSR count). The Balaban J connectivity index is 0.00000283. The van der Waals surface area contributed by atoms with Gasteiger partial charge in [0.1, 0.15) is 0 Å². The third-order valence-electron chi connectivity index (χ3n) is 11.2. The van der Waals surface area contributed by atoms with E-state index >= 15 is 0 Å². The molecular formula is C51H44Cl6Zr. The Morgan fingerprint density at radius 3 is 1.19 bits per heavy atom. The van der Waals surface area contributed by atoms with Crippen LogP contribution in [0, 0.1) is 0 Å². The molecule has 6 aromatic rings. The summed E-state index contributed by atoms with van der Waals surface area (Å²) in [4.78, 5) is 0. The molecule has 2 aliphatic carbocycles. The van der Waals surface area contributed by atoms with Gasteiger partial charge in [0.25, 0.3) is 0 Å². The smallest absolute Gasteiger partial charge is 1.00 e. The molecule has 0 radical (unpaired) electrons. The van der Waals surface area contributed by atoms with E-state index in [-0.39, 0.29) is 39.3 Å². The normalized spacial score (nSPS) is 13.2. The van der Waals surface area contributed by atoms with Gasteiger partial charge in [-0.3, -0.25) is 0 Å². The standard InChI is InChI=1S/C33H31Cl2.C13H8Cl2.C5H5.2ClH.Zr/c1-32(2,3)30-18-26-22(16-28(30)20-7-11-24(34)12-8-20)15-23-17-29(21-9-13-25(35)14-10-21)31(19-27(23)26)33(4,5)6;14-12-5-1-10(2-6-12)9-11-3-7-13(15)8-4-11;1-2-4-5-3-1;;;/h7-19H,1-6H3;1-8H;1-3H,4H2;2*1H;/q;;;;;+2/p-2. The average Bonchev–Trinajstić information content (AvgIpc) is 3.80. The van der Waals surface area contributed by atoms with Gasteiger partial charge in [-0.1, -0.05) is 0 Å². The van der Waals surface area contributed by atoms with Crippen molar-refractivity contribution in [1.82, 2.24) is 0 Å². The van der Waals surface area contributed by atoms with Crippen LogP contribution in [0.4, 0.5) is 0 Å². The second-order valence-corrected chi connectivity index (χ2v) is 25.0. The summed E-state index contributed by atoms with van der Waals surface area (Å²) in [7, 11) is 0. The zero-order valence-electron chi connectivity index (χ0n) is 33.3. The second kappa shape index (κ2) is 17.7. The molecule has 0 fully saturated rings. The first kappa shape index (κ1) is 44.8. The molecule has 6 aromatic carbocycles. The number of hydrogen-bond donors (Lipinski definition) is 0. The molecule has 0 unspecified atom stereocenters. The molecule has 0 aromatic heterocycles. The van der Waals surface area contributed by atoms with Gasteiger partial charge >= 0.3 is 363 Å². The van der Waals surface area contributed by atoms with Crippen LogP contribution in [0.25, 0.3) is 33.4 Å². The van der Waals surface area contributed by atoms with Gasteiger partial charge in [-0.2, -0.15) is 0 Å². The summed E-state index contributed by atoms with van der Waals surface area (Å²) in [5, 5.41) is 2.95. The minimum Gasteiger partial charge on any atom is -1.00 e. The van der Waals surface area contributed by atoms with Crippen LogP contribution in [0.5, 0.6) is 0 Å². The van der Waals surface area contributed by atoms with Crippen molar-refractivity contribution in [2.75, 3.05) is 0 Å². The third kappa shape index (κ3) is 8.85. The summed E-state index contributed by atoms with van der Waals surface area (Å²) in [6.07, 6.45) is 7.97. The molecule has 2 aliphatic rings. The van der Waals surface area contributed by atoms with E-state index in [4.69, 9.17) is 46.4 Å². The minimum atomic E-state index is -3.09.